The molecular formula is C20H17ClN4O4S. The SMILES string of the molecule is NC(=O)Nc1cccc(NC(=O)c2cccc(S(=O)(=O)Nc3ccccc3Cl)c2)c1. The van der Waals surface area contributed by atoms with Gasteiger partial charge in [-0.2, -0.15) is 0 Å². The van der Waals surface area contributed by atoms with E-state index in [9.17, 15) is 18.0 Å². The summed E-state index contributed by atoms with van der Waals surface area (Å²) in [6.45, 7) is 0. The largest absolute Gasteiger partial charge is 0.351 e. The molecule has 8 nitrogen and oxygen atoms in total. The third kappa shape index (κ3) is 5.28. The van der Waals surface area contributed by atoms with Crippen molar-refractivity contribution >= 4 is 50.6 Å². The number of sulfonamides is 1. The van der Waals surface area contributed by atoms with Crippen LogP contribution in [0.2, 0.25) is 5.02 Å². The van der Waals surface area contributed by atoms with E-state index in [1.807, 2.05) is 0 Å². The number of hydrogen-bond donors (Lipinski definition) is 4. The maximum atomic E-state index is 12.7. The lowest BCUT2D eigenvalue weighted by Crippen LogP contribution is -2.19. The van der Waals surface area contributed by atoms with Crippen LogP contribution in [0.3, 0.4) is 0 Å². The van der Waals surface area contributed by atoms with Crippen LogP contribution in [0.1, 0.15) is 10.4 Å². The van der Waals surface area contributed by atoms with Gasteiger partial charge in [0, 0.05) is 16.9 Å². The summed E-state index contributed by atoms with van der Waals surface area (Å²) in [6, 6.07) is 17.6. The van der Waals surface area contributed by atoms with Gasteiger partial charge >= 0.3 is 6.03 Å². The Hall–Kier alpha value is -3.56. The summed E-state index contributed by atoms with van der Waals surface area (Å²) in [5.41, 5.74) is 6.24. The van der Waals surface area contributed by atoms with Crippen LogP contribution in [-0.2, 0) is 10.0 Å². The molecule has 0 saturated heterocycles. The summed E-state index contributed by atoms with van der Waals surface area (Å²) in [7, 11) is -3.96. The van der Waals surface area contributed by atoms with Crippen molar-refractivity contribution in [2.45, 2.75) is 4.90 Å². The van der Waals surface area contributed by atoms with Gasteiger partial charge in [-0.05, 0) is 48.5 Å². The van der Waals surface area contributed by atoms with Gasteiger partial charge < -0.3 is 16.4 Å². The molecule has 0 bridgehead atoms. The highest BCUT2D eigenvalue weighted by atomic mass is 35.5. The van der Waals surface area contributed by atoms with Crippen LogP contribution in [0.15, 0.2) is 77.7 Å². The number of nitrogens with two attached hydrogens (primary N) is 1. The summed E-state index contributed by atoms with van der Waals surface area (Å²) in [6.07, 6.45) is 0. The number of urea groups is 1. The number of para-hydroxylation sites is 1. The van der Waals surface area contributed by atoms with Crippen LogP contribution >= 0.6 is 11.6 Å². The fraction of sp³-hybridized carbons (Fsp3) is 0. The molecular weight excluding hydrogens is 428 g/mol. The number of carbonyl (C=O) groups excluding carboxylic acids is 2. The van der Waals surface area contributed by atoms with Crippen molar-refractivity contribution in [3.05, 3.63) is 83.4 Å². The van der Waals surface area contributed by atoms with E-state index < -0.39 is 22.0 Å². The molecule has 0 aliphatic carbocycles. The van der Waals surface area contributed by atoms with Crippen molar-refractivity contribution in [2.75, 3.05) is 15.4 Å². The first-order chi connectivity index (χ1) is 14.2. The van der Waals surface area contributed by atoms with Crippen LogP contribution in [-0.4, -0.2) is 20.4 Å². The number of nitrogens with one attached hydrogen (secondary N) is 3. The van der Waals surface area contributed by atoms with Gasteiger partial charge in [-0.15, -0.1) is 0 Å². The van der Waals surface area contributed by atoms with E-state index >= 15 is 0 Å². The van der Waals surface area contributed by atoms with E-state index in [0.717, 1.165) is 0 Å². The number of hydrogen-bond acceptors (Lipinski definition) is 4. The highest BCUT2D eigenvalue weighted by molar-refractivity contribution is 7.92. The molecule has 30 heavy (non-hydrogen) atoms. The minimum absolute atomic E-state index is 0.0979. The minimum Gasteiger partial charge on any atom is -0.351 e. The highest BCUT2D eigenvalue weighted by Crippen LogP contribution is 2.24. The van der Waals surface area contributed by atoms with Gasteiger partial charge in [0.1, 0.15) is 0 Å². The molecule has 3 aromatic carbocycles. The Morgan fingerprint density at radius 1 is 0.833 bits per heavy atom. The third-order valence-electron chi connectivity index (χ3n) is 3.91. The van der Waals surface area contributed by atoms with Crippen molar-refractivity contribution < 1.29 is 18.0 Å². The number of anilines is 3. The molecule has 0 aliphatic heterocycles. The molecule has 5 N–H and O–H groups in total. The summed E-state index contributed by atoms with van der Waals surface area (Å²) < 4.78 is 27.8. The standard InChI is InChI=1S/C20H17ClN4O4S/c21-17-9-1-2-10-18(17)25-30(28,29)16-8-3-5-13(11-16)19(26)23-14-6-4-7-15(12-14)24-20(22)27/h1-12,25H,(H,23,26)(H3,22,24,27). The van der Waals surface area contributed by atoms with Crippen LogP contribution in [0.4, 0.5) is 21.9 Å². The Morgan fingerprint density at radius 2 is 1.50 bits per heavy atom. The van der Waals surface area contributed by atoms with Gasteiger partial charge in [0.05, 0.1) is 15.6 Å². The van der Waals surface area contributed by atoms with Crippen LogP contribution < -0.4 is 21.1 Å². The monoisotopic (exact) mass is 444 g/mol. The molecule has 10 heteroatoms. The Labute approximate surface area is 178 Å². The lowest BCUT2D eigenvalue weighted by molar-refractivity contribution is 0.102. The van der Waals surface area contributed by atoms with Crippen molar-refractivity contribution in [1.29, 1.82) is 0 Å². The Bertz CT molecular complexity index is 1210. The van der Waals surface area contributed by atoms with Crippen molar-refractivity contribution in [1.82, 2.24) is 0 Å². The molecule has 0 aliphatic rings. The number of benzene rings is 3. The van der Waals surface area contributed by atoms with Gasteiger partial charge in [-0.25, -0.2) is 13.2 Å². The Kier molecular flexibility index (Phi) is 6.24. The van der Waals surface area contributed by atoms with Crippen LogP contribution in [0, 0.1) is 0 Å². The lowest BCUT2D eigenvalue weighted by Gasteiger charge is -2.11. The maximum absolute atomic E-state index is 12.7. The molecule has 3 aromatic rings. The number of halogens is 1. The zero-order chi connectivity index (χ0) is 21.7. The molecule has 3 rings (SSSR count). The molecule has 0 saturated carbocycles. The zero-order valence-corrected chi connectivity index (χ0v) is 17.0. The second-order valence-electron chi connectivity index (χ2n) is 6.14. The Balaban J connectivity index is 1.80. The van der Waals surface area contributed by atoms with E-state index in [2.05, 4.69) is 15.4 Å². The number of rotatable bonds is 6. The fourth-order valence-electron chi connectivity index (χ4n) is 2.57. The third-order valence-corrected chi connectivity index (χ3v) is 5.61. The number of carbonyl (C=O) groups is 2. The maximum Gasteiger partial charge on any atom is 0.316 e. The normalized spacial score (nSPS) is 10.8. The first-order valence-electron chi connectivity index (χ1n) is 8.60. The van der Waals surface area contributed by atoms with E-state index in [-0.39, 0.29) is 21.2 Å². The molecule has 3 amide bonds. The molecule has 0 spiro atoms. The highest BCUT2D eigenvalue weighted by Gasteiger charge is 2.18. The predicted octanol–water partition coefficient (Wildman–Crippen LogP) is 3.88. The molecule has 0 unspecified atom stereocenters. The molecule has 0 fully saturated rings. The molecule has 0 atom stereocenters. The zero-order valence-electron chi connectivity index (χ0n) is 15.4. The van der Waals surface area contributed by atoms with E-state index in [1.54, 1.807) is 36.4 Å². The van der Waals surface area contributed by atoms with Crippen molar-refractivity contribution in [3.63, 3.8) is 0 Å². The molecule has 0 aromatic heterocycles. The Morgan fingerprint density at radius 3 is 2.20 bits per heavy atom. The molecule has 0 heterocycles. The average molecular weight is 445 g/mol. The minimum atomic E-state index is -3.96. The van der Waals surface area contributed by atoms with E-state index in [4.69, 9.17) is 17.3 Å². The van der Waals surface area contributed by atoms with Gasteiger partial charge in [0.2, 0.25) is 0 Å². The molecule has 0 radical (unpaired) electrons. The lowest BCUT2D eigenvalue weighted by atomic mass is 10.2. The van der Waals surface area contributed by atoms with Gasteiger partial charge in [-0.1, -0.05) is 35.9 Å². The summed E-state index contributed by atoms with van der Waals surface area (Å²) >= 11 is 6.01. The predicted molar refractivity (Wildman–Crippen MR) is 116 cm³/mol. The topological polar surface area (TPSA) is 130 Å². The van der Waals surface area contributed by atoms with Gasteiger partial charge in [0.25, 0.3) is 15.9 Å². The van der Waals surface area contributed by atoms with Crippen LogP contribution in [0.5, 0.6) is 0 Å². The van der Waals surface area contributed by atoms with Crippen molar-refractivity contribution in [2.24, 2.45) is 5.73 Å². The second kappa shape index (κ2) is 8.85. The smallest absolute Gasteiger partial charge is 0.316 e. The first-order valence-corrected chi connectivity index (χ1v) is 10.5. The van der Waals surface area contributed by atoms with E-state index in [0.29, 0.717) is 11.4 Å². The van der Waals surface area contributed by atoms with Gasteiger partial charge in [-0.3, -0.25) is 9.52 Å². The summed E-state index contributed by atoms with van der Waals surface area (Å²) in [5, 5.41) is 5.30. The van der Waals surface area contributed by atoms with Gasteiger partial charge in [0.15, 0.2) is 0 Å². The first kappa shape index (κ1) is 21.2. The summed E-state index contributed by atoms with van der Waals surface area (Å²) in [4.78, 5) is 23.4. The second-order valence-corrected chi connectivity index (χ2v) is 8.23. The summed E-state index contributed by atoms with van der Waals surface area (Å²) in [5.74, 6) is -0.527. The number of primary amides is 1. The quantitative estimate of drug-likeness (QED) is 0.459. The molecule has 154 valence electrons. The number of amides is 3. The fourth-order valence-corrected chi connectivity index (χ4v) is 3.94. The average Bonchev–Trinajstić information content (AvgIpc) is 2.69. The van der Waals surface area contributed by atoms with E-state index in [1.165, 1.54) is 36.4 Å². The van der Waals surface area contributed by atoms with Crippen molar-refractivity contribution in [3.8, 4) is 0 Å². The van der Waals surface area contributed by atoms with Crippen LogP contribution in [0.25, 0.3) is 0 Å².